The SMILES string of the molecule is N#Cc1cc(F)c(-n2c(=O)cc(C(F)(F)F)[nH]c2=S)cc1Oc1ccccc1Cl. The van der Waals surface area contributed by atoms with Gasteiger partial charge in [-0.2, -0.15) is 18.4 Å². The molecule has 0 unspecified atom stereocenters. The molecule has 1 N–H and O–H groups in total. The Morgan fingerprint density at radius 1 is 1.17 bits per heavy atom. The van der Waals surface area contributed by atoms with Crippen molar-refractivity contribution in [1.29, 1.82) is 5.26 Å². The zero-order valence-electron chi connectivity index (χ0n) is 14.1. The van der Waals surface area contributed by atoms with Gasteiger partial charge in [0.1, 0.15) is 29.1 Å². The third kappa shape index (κ3) is 4.16. The Balaban J connectivity index is 2.20. The molecule has 0 aliphatic carbocycles. The summed E-state index contributed by atoms with van der Waals surface area (Å²) in [5.41, 5.74) is -3.30. The Kier molecular flexibility index (Phi) is 5.46. The van der Waals surface area contributed by atoms with Crippen molar-refractivity contribution in [3.8, 4) is 23.3 Å². The molecule has 0 spiro atoms. The third-order valence-corrected chi connectivity index (χ3v) is 4.30. The Bertz CT molecular complexity index is 1230. The van der Waals surface area contributed by atoms with E-state index in [1.54, 1.807) is 18.2 Å². The molecule has 1 heterocycles. The second-order valence-electron chi connectivity index (χ2n) is 5.60. The van der Waals surface area contributed by atoms with E-state index in [1.165, 1.54) is 12.1 Å². The number of hydrogen-bond acceptors (Lipinski definition) is 4. The summed E-state index contributed by atoms with van der Waals surface area (Å²) in [5.74, 6) is -1.08. The number of para-hydroxylation sites is 1. The highest BCUT2D eigenvalue weighted by Crippen LogP contribution is 2.33. The van der Waals surface area contributed by atoms with Crippen LogP contribution in [-0.2, 0) is 6.18 Å². The van der Waals surface area contributed by atoms with E-state index in [0.29, 0.717) is 4.57 Å². The minimum absolute atomic E-state index is 0.146. The highest BCUT2D eigenvalue weighted by molar-refractivity contribution is 7.71. The van der Waals surface area contributed by atoms with Gasteiger partial charge >= 0.3 is 6.18 Å². The number of ether oxygens (including phenoxy) is 1. The maximum atomic E-state index is 14.5. The van der Waals surface area contributed by atoms with E-state index in [0.717, 1.165) is 12.1 Å². The number of rotatable bonds is 3. The Morgan fingerprint density at radius 2 is 1.86 bits per heavy atom. The predicted molar refractivity (Wildman–Crippen MR) is 98.4 cm³/mol. The zero-order valence-corrected chi connectivity index (χ0v) is 15.6. The summed E-state index contributed by atoms with van der Waals surface area (Å²) in [4.78, 5) is 14.1. The van der Waals surface area contributed by atoms with E-state index in [4.69, 9.17) is 28.6 Å². The minimum atomic E-state index is -4.84. The summed E-state index contributed by atoms with van der Waals surface area (Å²) in [6.45, 7) is 0. The average molecular weight is 442 g/mol. The Morgan fingerprint density at radius 3 is 2.45 bits per heavy atom. The molecule has 3 aromatic rings. The molecule has 0 saturated heterocycles. The van der Waals surface area contributed by atoms with Crippen LogP contribution in [0.15, 0.2) is 47.3 Å². The molecule has 148 valence electrons. The lowest BCUT2D eigenvalue weighted by molar-refractivity contribution is -0.141. The number of nitriles is 1. The van der Waals surface area contributed by atoms with Crippen molar-refractivity contribution in [2.75, 3.05) is 0 Å². The van der Waals surface area contributed by atoms with Crippen molar-refractivity contribution in [2.24, 2.45) is 0 Å². The van der Waals surface area contributed by atoms with Crippen molar-refractivity contribution in [1.82, 2.24) is 9.55 Å². The van der Waals surface area contributed by atoms with Gasteiger partial charge in [0.2, 0.25) is 0 Å². The van der Waals surface area contributed by atoms with Crippen LogP contribution in [0.25, 0.3) is 5.69 Å². The average Bonchev–Trinajstić information content (AvgIpc) is 2.64. The fourth-order valence-corrected chi connectivity index (χ4v) is 2.88. The molecule has 0 bridgehead atoms. The molecule has 0 radical (unpaired) electrons. The van der Waals surface area contributed by atoms with Crippen LogP contribution in [0.2, 0.25) is 5.02 Å². The number of aromatic amines is 1. The second-order valence-corrected chi connectivity index (χ2v) is 6.40. The minimum Gasteiger partial charge on any atom is -0.454 e. The number of alkyl halides is 3. The summed E-state index contributed by atoms with van der Waals surface area (Å²) in [6.07, 6.45) is -4.84. The number of benzene rings is 2. The number of H-pyrrole nitrogens is 1. The molecule has 0 amide bonds. The van der Waals surface area contributed by atoms with Gasteiger partial charge in [0.25, 0.3) is 5.56 Å². The van der Waals surface area contributed by atoms with Crippen molar-refractivity contribution in [3.63, 3.8) is 0 Å². The van der Waals surface area contributed by atoms with Crippen LogP contribution < -0.4 is 10.3 Å². The molecule has 3 rings (SSSR count). The van der Waals surface area contributed by atoms with E-state index >= 15 is 0 Å². The van der Waals surface area contributed by atoms with Gasteiger partial charge in [-0.05, 0) is 30.4 Å². The number of aromatic nitrogens is 2. The van der Waals surface area contributed by atoms with E-state index in [9.17, 15) is 27.6 Å². The van der Waals surface area contributed by atoms with Crippen LogP contribution in [0.1, 0.15) is 11.3 Å². The number of halogens is 5. The van der Waals surface area contributed by atoms with Crippen molar-refractivity contribution in [3.05, 3.63) is 79.7 Å². The highest BCUT2D eigenvalue weighted by Gasteiger charge is 2.32. The first-order valence-corrected chi connectivity index (χ1v) is 8.50. The van der Waals surface area contributed by atoms with Crippen LogP contribution in [0.4, 0.5) is 17.6 Å². The largest absolute Gasteiger partial charge is 0.454 e. The van der Waals surface area contributed by atoms with E-state index in [2.05, 4.69) is 0 Å². The molecule has 0 fully saturated rings. The molecule has 0 atom stereocenters. The fourth-order valence-electron chi connectivity index (χ4n) is 2.41. The van der Waals surface area contributed by atoms with Crippen molar-refractivity contribution < 1.29 is 22.3 Å². The molecule has 0 saturated carbocycles. The third-order valence-electron chi connectivity index (χ3n) is 3.71. The topological polar surface area (TPSA) is 70.8 Å². The van der Waals surface area contributed by atoms with Crippen molar-refractivity contribution in [2.45, 2.75) is 6.18 Å². The van der Waals surface area contributed by atoms with Gasteiger partial charge in [-0.3, -0.25) is 9.36 Å². The standard InChI is InChI=1S/C18H8ClF4N3O2S/c19-10-3-1-2-4-13(10)28-14-6-12(11(20)5-9(14)8-24)26-16(27)7-15(18(21,22)23)25-17(26)29/h1-7H,(H,25,29). The molecular formula is C18H8ClF4N3O2S. The van der Waals surface area contributed by atoms with Crippen molar-refractivity contribution >= 4 is 23.8 Å². The van der Waals surface area contributed by atoms with Crippen LogP contribution in [0, 0.1) is 21.9 Å². The lowest BCUT2D eigenvalue weighted by Crippen LogP contribution is -2.24. The van der Waals surface area contributed by atoms with Gasteiger partial charge in [-0.15, -0.1) is 0 Å². The van der Waals surface area contributed by atoms with Gasteiger partial charge in [-0.25, -0.2) is 4.39 Å². The lowest BCUT2D eigenvalue weighted by Gasteiger charge is -2.14. The predicted octanol–water partition coefficient (Wildman–Crippen LogP) is 5.37. The van der Waals surface area contributed by atoms with Crippen LogP contribution >= 0.6 is 23.8 Å². The number of nitrogens with zero attached hydrogens (tertiary/aromatic N) is 2. The maximum absolute atomic E-state index is 14.5. The molecule has 0 aliphatic heterocycles. The highest BCUT2D eigenvalue weighted by atomic mass is 35.5. The summed E-state index contributed by atoms with van der Waals surface area (Å²) in [7, 11) is 0. The molecule has 0 aliphatic rings. The monoisotopic (exact) mass is 441 g/mol. The van der Waals surface area contributed by atoms with E-state index in [-0.39, 0.29) is 28.2 Å². The Hall–Kier alpha value is -3.16. The first kappa shape index (κ1) is 20.6. The summed E-state index contributed by atoms with van der Waals surface area (Å²) in [6, 6.07) is 10.00. The smallest absolute Gasteiger partial charge is 0.431 e. The fraction of sp³-hybridized carbons (Fsp3) is 0.0556. The van der Waals surface area contributed by atoms with Crippen LogP contribution in [0.5, 0.6) is 11.5 Å². The van der Waals surface area contributed by atoms with Crippen LogP contribution in [0.3, 0.4) is 0 Å². The molecule has 11 heteroatoms. The summed E-state index contributed by atoms with van der Waals surface area (Å²) in [5, 5.41) is 9.44. The van der Waals surface area contributed by atoms with Gasteiger partial charge in [0.05, 0.1) is 16.3 Å². The van der Waals surface area contributed by atoms with Crippen LogP contribution in [-0.4, -0.2) is 9.55 Å². The molecule has 5 nitrogen and oxygen atoms in total. The first-order chi connectivity index (χ1) is 13.6. The molecule has 2 aromatic carbocycles. The van der Waals surface area contributed by atoms with Gasteiger partial charge in [0.15, 0.2) is 4.77 Å². The molecular weight excluding hydrogens is 434 g/mol. The van der Waals surface area contributed by atoms with Gasteiger partial charge in [-0.1, -0.05) is 23.7 Å². The van der Waals surface area contributed by atoms with E-state index < -0.39 is 33.7 Å². The number of hydrogen-bond donors (Lipinski definition) is 1. The van der Waals surface area contributed by atoms with Gasteiger partial charge < -0.3 is 9.72 Å². The number of nitrogens with one attached hydrogen (secondary N) is 1. The second kappa shape index (κ2) is 7.69. The first-order valence-electron chi connectivity index (χ1n) is 7.72. The maximum Gasteiger partial charge on any atom is 0.431 e. The summed E-state index contributed by atoms with van der Waals surface area (Å²) < 4.78 is 58.4. The normalized spacial score (nSPS) is 11.2. The Labute approximate surface area is 170 Å². The zero-order chi connectivity index (χ0) is 21.3. The molecule has 1 aromatic heterocycles. The summed E-state index contributed by atoms with van der Waals surface area (Å²) >= 11 is 10.8. The molecule has 29 heavy (non-hydrogen) atoms. The quantitative estimate of drug-likeness (QED) is 0.438. The van der Waals surface area contributed by atoms with E-state index in [1.807, 2.05) is 4.98 Å². The lowest BCUT2D eigenvalue weighted by atomic mass is 10.1. The van der Waals surface area contributed by atoms with Gasteiger partial charge in [0, 0.05) is 12.1 Å².